The summed E-state index contributed by atoms with van der Waals surface area (Å²) in [5.41, 5.74) is -0.167. The van der Waals surface area contributed by atoms with Crippen LogP contribution in [0.25, 0.3) is 43.8 Å². The second-order valence-corrected chi connectivity index (χ2v) is 4.50. The molecule has 4 aromatic carbocycles. The van der Waals surface area contributed by atoms with E-state index in [-0.39, 0.29) is 49.8 Å². The Morgan fingerprint density at radius 3 is 2.10 bits per heavy atom. The van der Waals surface area contributed by atoms with Crippen molar-refractivity contribution in [2.45, 2.75) is 0 Å². The summed E-state index contributed by atoms with van der Waals surface area (Å²) >= 11 is 0. The standard InChI is InChI=1S/C20H12/c1-2-7-14-13(6-1)12-19-16-9-4-3-8-15(16)18-11-5-10-17(14)20(18)19/h1-12H/i1D,2D,3D,4D,5D,6D,7D,8D,9D,10D,11D,12D. The smallest absolute Gasteiger partial charge is 0.0616 e. The Balaban J connectivity index is 2.27. The van der Waals surface area contributed by atoms with Crippen molar-refractivity contribution in [1.29, 1.82) is 0 Å². The Labute approximate surface area is 134 Å². The Morgan fingerprint density at radius 2 is 1.20 bits per heavy atom. The fourth-order valence-electron chi connectivity index (χ4n) is 2.69. The molecular formula is C20H12. The van der Waals surface area contributed by atoms with Gasteiger partial charge >= 0.3 is 0 Å². The molecule has 5 rings (SSSR count). The maximum atomic E-state index is 8.81. The first kappa shape index (κ1) is 4.20. The average molecular weight is 264 g/mol. The Kier molecular flexibility index (Phi) is 0.731. The zero-order valence-electron chi connectivity index (χ0n) is 22.0. The van der Waals surface area contributed by atoms with Gasteiger partial charge in [-0.2, -0.15) is 0 Å². The van der Waals surface area contributed by atoms with Crippen LogP contribution in [-0.4, -0.2) is 0 Å². The highest BCUT2D eigenvalue weighted by Gasteiger charge is 2.21. The summed E-state index contributed by atoms with van der Waals surface area (Å²) in [5.74, 6) is 0. The third-order valence-electron chi connectivity index (χ3n) is 3.50. The molecule has 0 bridgehead atoms. The molecule has 4 aromatic rings. The largest absolute Gasteiger partial charge is 0.0636 e. The fourth-order valence-corrected chi connectivity index (χ4v) is 2.69. The van der Waals surface area contributed by atoms with Crippen LogP contribution < -0.4 is 0 Å². The molecule has 1 aliphatic carbocycles. The van der Waals surface area contributed by atoms with Gasteiger partial charge in [0.05, 0.1) is 16.4 Å². The molecule has 0 saturated carbocycles. The van der Waals surface area contributed by atoms with Gasteiger partial charge in [0.2, 0.25) is 0 Å². The van der Waals surface area contributed by atoms with Crippen molar-refractivity contribution >= 4 is 21.5 Å². The Morgan fingerprint density at radius 1 is 0.550 bits per heavy atom. The third-order valence-corrected chi connectivity index (χ3v) is 3.50. The van der Waals surface area contributed by atoms with Gasteiger partial charge in [-0.25, -0.2) is 0 Å². The van der Waals surface area contributed by atoms with Gasteiger partial charge in [0.25, 0.3) is 0 Å². The van der Waals surface area contributed by atoms with E-state index in [4.69, 9.17) is 16.4 Å². The first-order chi connectivity index (χ1) is 14.9. The summed E-state index contributed by atoms with van der Waals surface area (Å²) in [7, 11) is 0. The maximum absolute atomic E-state index is 8.81. The number of hydrogen-bond acceptors (Lipinski definition) is 0. The molecule has 0 radical (unpaired) electrons. The monoisotopic (exact) mass is 264 g/mol. The fraction of sp³-hybridized carbons (Fsp3) is 0. The average Bonchev–Trinajstić information content (AvgIpc) is 3.12. The van der Waals surface area contributed by atoms with Crippen LogP contribution >= 0.6 is 0 Å². The predicted octanol–water partition coefficient (Wildman–Crippen LogP) is 5.64. The van der Waals surface area contributed by atoms with E-state index in [2.05, 4.69) is 0 Å². The molecule has 0 aromatic heterocycles. The molecule has 0 amide bonds. The van der Waals surface area contributed by atoms with E-state index in [0.29, 0.717) is 0 Å². The van der Waals surface area contributed by atoms with Crippen LogP contribution in [0.15, 0.2) is 72.5 Å². The zero-order chi connectivity index (χ0) is 23.5. The van der Waals surface area contributed by atoms with Gasteiger partial charge in [-0.3, -0.25) is 0 Å². The highest BCUT2D eigenvalue weighted by Crippen LogP contribution is 2.48. The summed E-state index contributed by atoms with van der Waals surface area (Å²) in [6, 6.07) is -5.97. The summed E-state index contributed by atoms with van der Waals surface area (Å²) in [5, 5.41) is -0.333. The van der Waals surface area contributed by atoms with Crippen molar-refractivity contribution in [2.75, 3.05) is 0 Å². The van der Waals surface area contributed by atoms with Gasteiger partial charge in [0, 0.05) is 0 Å². The van der Waals surface area contributed by atoms with E-state index in [0.717, 1.165) is 0 Å². The lowest BCUT2D eigenvalue weighted by molar-refractivity contribution is 1.70. The third kappa shape index (κ3) is 1.12. The van der Waals surface area contributed by atoms with Gasteiger partial charge in [-0.05, 0) is 49.8 Å². The molecule has 0 unspecified atom stereocenters. The molecule has 1 aliphatic rings. The number of fused-ring (bicyclic) bond motifs is 5. The minimum Gasteiger partial charge on any atom is -0.0616 e. The second-order valence-electron chi connectivity index (χ2n) is 4.50. The van der Waals surface area contributed by atoms with Gasteiger partial charge in [-0.1, -0.05) is 66.5 Å². The highest BCUT2D eigenvalue weighted by molar-refractivity contribution is 6.23. The highest BCUT2D eigenvalue weighted by atomic mass is 14.2. The molecule has 20 heavy (non-hydrogen) atoms. The molecular weight excluding hydrogens is 240 g/mol. The van der Waals surface area contributed by atoms with Crippen LogP contribution in [0.4, 0.5) is 0 Å². The number of benzene rings is 4. The first-order valence-electron chi connectivity index (χ1n) is 12.0. The van der Waals surface area contributed by atoms with E-state index >= 15 is 0 Å². The summed E-state index contributed by atoms with van der Waals surface area (Å²) < 4.78 is 99.8. The van der Waals surface area contributed by atoms with Crippen molar-refractivity contribution < 1.29 is 16.4 Å². The molecule has 0 fully saturated rings. The van der Waals surface area contributed by atoms with Crippen molar-refractivity contribution in [2.24, 2.45) is 0 Å². The number of hydrogen-bond donors (Lipinski definition) is 0. The lowest BCUT2D eigenvalue weighted by Crippen LogP contribution is -1.79. The Hall–Kier alpha value is -2.60. The lowest BCUT2D eigenvalue weighted by Gasteiger charge is -2.07. The van der Waals surface area contributed by atoms with E-state index in [1.807, 2.05) is 0 Å². The van der Waals surface area contributed by atoms with Crippen molar-refractivity contribution in [3.05, 3.63) is 72.5 Å². The summed E-state index contributed by atoms with van der Waals surface area (Å²) in [4.78, 5) is 0. The topological polar surface area (TPSA) is 0 Å². The van der Waals surface area contributed by atoms with Crippen LogP contribution in [0.3, 0.4) is 0 Å². The van der Waals surface area contributed by atoms with Crippen molar-refractivity contribution in [1.82, 2.24) is 0 Å². The van der Waals surface area contributed by atoms with Crippen LogP contribution in [-0.2, 0) is 0 Å². The van der Waals surface area contributed by atoms with Crippen molar-refractivity contribution in [3.63, 3.8) is 0 Å². The lowest BCUT2D eigenvalue weighted by atomic mass is 9.97. The predicted molar refractivity (Wildman–Crippen MR) is 85.9 cm³/mol. The molecule has 0 heterocycles. The Bertz CT molecular complexity index is 1590. The normalized spacial score (nSPS) is 20.4. The quantitative estimate of drug-likeness (QED) is 0.317. The van der Waals surface area contributed by atoms with Crippen LogP contribution in [0.5, 0.6) is 0 Å². The molecule has 0 heteroatoms. The van der Waals surface area contributed by atoms with Crippen LogP contribution in [0.1, 0.15) is 16.4 Å². The minimum absolute atomic E-state index is 0.0171. The van der Waals surface area contributed by atoms with Gasteiger partial charge in [0.1, 0.15) is 0 Å². The first-order valence-corrected chi connectivity index (χ1v) is 6.00. The van der Waals surface area contributed by atoms with E-state index in [1.54, 1.807) is 0 Å². The van der Waals surface area contributed by atoms with E-state index in [1.165, 1.54) is 0 Å². The summed E-state index contributed by atoms with van der Waals surface area (Å²) in [6.45, 7) is 0. The van der Waals surface area contributed by atoms with E-state index in [9.17, 15) is 0 Å². The summed E-state index contributed by atoms with van der Waals surface area (Å²) in [6.07, 6.45) is 0. The molecule has 0 nitrogen and oxygen atoms in total. The minimum atomic E-state index is -0.578. The van der Waals surface area contributed by atoms with E-state index < -0.39 is 66.5 Å². The molecule has 0 saturated heterocycles. The van der Waals surface area contributed by atoms with Gasteiger partial charge in [0.15, 0.2) is 0 Å². The molecule has 0 atom stereocenters. The SMILES string of the molecule is [2H]c1c([2H])c([2H])c2c(c1[2H])-c1c([2H])c([2H])c([2H])c3c1c-2c([2H])c1c([2H])c([2H])c([2H])c([2H])c13. The molecule has 0 spiro atoms. The maximum Gasteiger partial charge on any atom is 0.0636 e. The van der Waals surface area contributed by atoms with Crippen LogP contribution in [0.2, 0.25) is 0 Å². The van der Waals surface area contributed by atoms with Gasteiger partial charge < -0.3 is 0 Å². The number of rotatable bonds is 0. The second kappa shape index (κ2) is 3.49. The van der Waals surface area contributed by atoms with Crippen LogP contribution in [0, 0.1) is 0 Å². The van der Waals surface area contributed by atoms with Crippen molar-refractivity contribution in [3.8, 4) is 22.3 Å². The molecule has 0 N–H and O–H groups in total. The zero-order valence-corrected chi connectivity index (χ0v) is 10.0. The molecule has 92 valence electrons. The molecule has 0 aliphatic heterocycles. The van der Waals surface area contributed by atoms with Gasteiger partial charge in [-0.15, -0.1) is 0 Å².